The van der Waals surface area contributed by atoms with Gasteiger partial charge in [0.25, 0.3) is 5.56 Å². The van der Waals surface area contributed by atoms with Crippen molar-refractivity contribution in [2.24, 2.45) is 0 Å². The van der Waals surface area contributed by atoms with E-state index in [1.165, 1.54) is 17.3 Å². The Morgan fingerprint density at radius 2 is 2.11 bits per heavy atom. The van der Waals surface area contributed by atoms with Crippen LogP contribution in [-0.4, -0.2) is 9.55 Å². The van der Waals surface area contributed by atoms with Crippen LogP contribution < -0.4 is 5.56 Å². The highest BCUT2D eigenvalue weighted by molar-refractivity contribution is 9.10. The fourth-order valence-electron chi connectivity index (χ4n) is 1.91. The molecule has 0 saturated carbocycles. The molecule has 2 aromatic rings. The number of halogens is 1. The van der Waals surface area contributed by atoms with E-state index in [4.69, 9.17) is 0 Å². The van der Waals surface area contributed by atoms with E-state index >= 15 is 0 Å². The predicted octanol–water partition coefficient (Wildman–Crippen LogP) is 2.95. The smallest absolute Gasteiger partial charge is 0.267 e. The summed E-state index contributed by atoms with van der Waals surface area (Å²) in [5.41, 5.74) is 2.63. The summed E-state index contributed by atoms with van der Waals surface area (Å²) in [6.07, 6.45) is 5.03. The fourth-order valence-corrected chi connectivity index (χ4v) is 2.26. The van der Waals surface area contributed by atoms with Gasteiger partial charge in [0.2, 0.25) is 0 Å². The van der Waals surface area contributed by atoms with Gasteiger partial charge < -0.3 is 0 Å². The van der Waals surface area contributed by atoms with Crippen LogP contribution in [0, 0.1) is 6.92 Å². The third kappa shape index (κ3) is 3.07. The monoisotopic (exact) mass is 306 g/mol. The number of nitrogens with zero attached hydrogens (tertiary/aromatic N) is 2. The first-order chi connectivity index (χ1) is 8.68. The fraction of sp³-hybridized carbons (Fsp3) is 0.286. The van der Waals surface area contributed by atoms with E-state index in [1.807, 2.05) is 6.07 Å². The lowest BCUT2D eigenvalue weighted by Crippen LogP contribution is -2.21. The summed E-state index contributed by atoms with van der Waals surface area (Å²) in [4.78, 5) is 15.8. The molecule has 0 unspecified atom stereocenters. The van der Waals surface area contributed by atoms with Crippen LogP contribution in [0.15, 0.2) is 46.1 Å². The molecule has 0 aliphatic rings. The standard InChI is InChI=1S/C14H15BrN2O/c1-11-5-2-3-6-12(11)7-4-8-17-10-16-9-13(15)14(17)18/h2-3,5-6,9-10H,4,7-8H2,1H3. The number of hydrogen-bond donors (Lipinski definition) is 0. The van der Waals surface area contributed by atoms with Gasteiger partial charge in [-0.1, -0.05) is 24.3 Å². The molecule has 0 amide bonds. The minimum Gasteiger partial charge on any atom is -0.298 e. The molecular formula is C14H15BrN2O. The molecule has 4 heteroatoms. The largest absolute Gasteiger partial charge is 0.298 e. The normalized spacial score (nSPS) is 10.6. The van der Waals surface area contributed by atoms with Crippen molar-refractivity contribution in [3.05, 3.63) is 62.7 Å². The van der Waals surface area contributed by atoms with Crippen LogP contribution in [-0.2, 0) is 13.0 Å². The summed E-state index contributed by atoms with van der Waals surface area (Å²) in [5.74, 6) is 0. The third-order valence-corrected chi connectivity index (χ3v) is 3.51. The van der Waals surface area contributed by atoms with Crippen LogP contribution in [0.2, 0.25) is 0 Å². The predicted molar refractivity (Wildman–Crippen MR) is 75.7 cm³/mol. The molecule has 3 nitrogen and oxygen atoms in total. The summed E-state index contributed by atoms with van der Waals surface area (Å²) in [5, 5.41) is 0. The Kier molecular flexibility index (Phi) is 4.31. The first-order valence-electron chi connectivity index (χ1n) is 5.93. The van der Waals surface area contributed by atoms with E-state index in [1.54, 1.807) is 10.9 Å². The van der Waals surface area contributed by atoms with Crippen molar-refractivity contribution in [3.63, 3.8) is 0 Å². The van der Waals surface area contributed by atoms with Crippen LogP contribution in [0.5, 0.6) is 0 Å². The average molecular weight is 307 g/mol. The Morgan fingerprint density at radius 1 is 1.33 bits per heavy atom. The first-order valence-corrected chi connectivity index (χ1v) is 6.72. The van der Waals surface area contributed by atoms with Crippen molar-refractivity contribution in [1.29, 1.82) is 0 Å². The van der Waals surface area contributed by atoms with Crippen LogP contribution in [0.4, 0.5) is 0 Å². The van der Waals surface area contributed by atoms with Gasteiger partial charge in [0.15, 0.2) is 0 Å². The summed E-state index contributed by atoms with van der Waals surface area (Å²) in [6.45, 7) is 2.81. The molecule has 0 fully saturated rings. The second-order valence-corrected chi connectivity index (χ2v) is 5.12. The molecule has 0 aliphatic heterocycles. The lowest BCUT2D eigenvalue weighted by atomic mass is 10.0. The van der Waals surface area contributed by atoms with Gasteiger partial charge in [-0.3, -0.25) is 9.36 Å². The molecule has 94 valence electrons. The molecule has 1 aromatic carbocycles. The van der Waals surface area contributed by atoms with Crippen molar-refractivity contribution in [2.75, 3.05) is 0 Å². The van der Waals surface area contributed by atoms with Crippen molar-refractivity contribution >= 4 is 15.9 Å². The Labute approximate surface area is 115 Å². The van der Waals surface area contributed by atoms with E-state index in [9.17, 15) is 4.79 Å². The molecule has 0 N–H and O–H groups in total. The van der Waals surface area contributed by atoms with E-state index in [0.717, 1.165) is 12.8 Å². The molecule has 1 heterocycles. The lowest BCUT2D eigenvalue weighted by molar-refractivity contribution is 0.608. The molecule has 0 bridgehead atoms. The van der Waals surface area contributed by atoms with Gasteiger partial charge in [-0.05, 0) is 46.8 Å². The Balaban J connectivity index is 1.99. The van der Waals surface area contributed by atoms with E-state index in [0.29, 0.717) is 11.0 Å². The molecule has 0 atom stereocenters. The van der Waals surface area contributed by atoms with Gasteiger partial charge in [-0.2, -0.15) is 0 Å². The molecule has 0 saturated heterocycles. The highest BCUT2D eigenvalue weighted by atomic mass is 79.9. The van der Waals surface area contributed by atoms with Gasteiger partial charge in [0.1, 0.15) is 4.47 Å². The van der Waals surface area contributed by atoms with E-state index in [2.05, 4.69) is 46.0 Å². The number of aromatic nitrogens is 2. The van der Waals surface area contributed by atoms with Crippen molar-refractivity contribution < 1.29 is 0 Å². The second-order valence-electron chi connectivity index (χ2n) is 4.27. The minimum absolute atomic E-state index is 0.0187. The molecule has 0 radical (unpaired) electrons. The summed E-state index contributed by atoms with van der Waals surface area (Å²) < 4.78 is 2.16. The van der Waals surface area contributed by atoms with Gasteiger partial charge in [-0.25, -0.2) is 4.98 Å². The number of benzene rings is 1. The maximum Gasteiger partial charge on any atom is 0.267 e. The van der Waals surface area contributed by atoms with E-state index < -0.39 is 0 Å². The molecular weight excluding hydrogens is 292 g/mol. The van der Waals surface area contributed by atoms with Crippen LogP contribution in [0.3, 0.4) is 0 Å². The maximum atomic E-state index is 11.8. The highest BCUT2D eigenvalue weighted by Crippen LogP contribution is 2.10. The van der Waals surface area contributed by atoms with Crippen molar-refractivity contribution in [1.82, 2.24) is 9.55 Å². The van der Waals surface area contributed by atoms with E-state index in [-0.39, 0.29) is 5.56 Å². The number of rotatable bonds is 4. The first kappa shape index (κ1) is 13.0. The Morgan fingerprint density at radius 3 is 2.89 bits per heavy atom. The average Bonchev–Trinajstić information content (AvgIpc) is 2.37. The second kappa shape index (κ2) is 5.96. The van der Waals surface area contributed by atoms with Crippen LogP contribution in [0.1, 0.15) is 17.5 Å². The van der Waals surface area contributed by atoms with Crippen molar-refractivity contribution in [3.8, 4) is 0 Å². The zero-order chi connectivity index (χ0) is 13.0. The molecule has 2 rings (SSSR count). The summed E-state index contributed by atoms with van der Waals surface area (Å²) >= 11 is 3.20. The van der Waals surface area contributed by atoms with Gasteiger partial charge in [-0.15, -0.1) is 0 Å². The topological polar surface area (TPSA) is 34.9 Å². The van der Waals surface area contributed by atoms with Crippen LogP contribution in [0.25, 0.3) is 0 Å². The zero-order valence-electron chi connectivity index (χ0n) is 10.3. The quantitative estimate of drug-likeness (QED) is 0.870. The minimum atomic E-state index is -0.0187. The van der Waals surface area contributed by atoms with Crippen LogP contribution >= 0.6 is 15.9 Å². The third-order valence-electron chi connectivity index (χ3n) is 2.97. The molecule has 1 aromatic heterocycles. The van der Waals surface area contributed by atoms with Gasteiger partial charge in [0, 0.05) is 12.7 Å². The number of hydrogen-bond acceptors (Lipinski definition) is 2. The zero-order valence-corrected chi connectivity index (χ0v) is 11.9. The molecule has 0 spiro atoms. The highest BCUT2D eigenvalue weighted by Gasteiger charge is 2.01. The molecule has 0 aliphatic carbocycles. The van der Waals surface area contributed by atoms with Gasteiger partial charge >= 0.3 is 0 Å². The maximum absolute atomic E-state index is 11.8. The lowest BCUT2D eigenvalue weighted by Gasteiger charge is -2.07. The molecule has 18 heavy (non-hydrogen) atoms. The number of aryl methyl sites for hydroxylation is 3. The van der Waals surface area contributed by atoms with Gasteiger partial charge in [0.05, 0.1) is 6.33 Å². The summed E-state index contributed by atoms with van der Waals surface area (Å²) in [6, 6.07) is 8.34. The Bertz CT molecular complexity index is 592. The van der Waals surface area contributed by atoms with Crippen molar-refractivity contribution in [2.45, 2.75) is 26.3 Å². The summed E-state index contributed by atoms with van der Waals surface area (Å²) in [7, 11) is 0. The Hall–Kier alpha value is -1.42. The SMILES string of the molecule is Cc1ccccc1CCCn1cncc(Br)c1=O.